The SMILES string of the molecule is Cc1noc(C(C)N(C)Cc2ccco2)n1. The Hall–Kier alpha value is -1.62. The molecule has 1 atom stereocenters. The third kappa shape index (κ3) is 2.30. The Kier molecular flexibility index (Phi) is 3.05. The van der Waals surface area contributed by atoms with Gasteiger partial charge in [0.05, 0.1) is 18.8 Å². The monoisotopic (exact) mass is 221 g/mol. The summed E-state index contributed by atoms with van der Waals surface area (Å²) in [5, 5.41) is 3.78. The fraction of sp³-hybridized carbons (Fsp3) is 0.455. The lowest BCUT2D eigenvalue weighted by Crippen LogP contribution is -2.21. The lowest BCUT2D eigenvalue weighted by molar-refractivity contribution is 0.190. The van der Waals surface area contributed by atoms with Crippen LogP contribution in [0, 0.1) is 6.92 Å². The number of aromatic nitrogens is 2. The number of rotatable bonds is 4. The number of nitrogens with zero attached hydrogens (tertiary/aromatic N) is 3. The van der Waals surface area contributed by atoms with Crippen LogP contribution >= 0.6 is 0 Å². The van der Waals surface area contributed by atoms with Gasteiger partial charge in [0, 0.05) is 0 Å². The second-order valence-corrected chi connectivity index (χ2v) is 3.85. The zero-order chi connectivity index (χ0) is 11.5. The summed E-state index contributed by atoms with van der Waals surface area (Å²) < 4.78 is 10.4. The Morgan fingerprint density at radius 2 is 2.31 bits per heavy atom. The van der Waals surface area contributed by atoms with Crippen molar-refractivity contribution in [2.75, 3.05) is 7.05 Å². The van der Waals surface area contributed by atoms with Crippen LogP contribution in [-0.4, -0.2) is 22.1 Å². The molecule has 0 saturated heterocycles. The molecule has 2 aromatic heterocycles. The molecule has 1 unspecified atom stereocenters. The summed E-state index contributed by atoms with van der Waals surface area (Å²) in [5.74, 6) is 2.21. The minimum atomic E-state index is 0.0753. The predicted octanol–water partition coefficient (Wildman–Crippen LogP) is 2.16. The van der Waals surface area contributed by atoms with Crippen LogP contribution in [0.1, 0.15) is 30.4 Å². The van der Waals surface area contributed by atoms with E-state index in [4.69, 9.17) is 8.94 Å². The molecule has 2 rings (SSSR count). The Morgan fingerprint density at radius 3 is 2.88 bits per heavy atom. The van der Waals surface area contributed by atoms with E-state index in [2.05, 4.69) is 15.0 Å². The second kappa shape index (κ2) is 4.49. The molecule has 0 bridgehead atoms. The van der Waals surface area contributed by atoms with Crippen LogP contribution in [-0.2, 0) is 6.54 Å². The first-order valence-electron chi connectivity index (χ1n) is 5.19. The van der Waals surface area contributed by atoms with Gasteiger partial charge in [0.15, 0.2) is 5.82 Å². The van der Waals surface area contributed by atoms with Crippen molar-refractivity contribution < 1.29 is 8.94 Å². The molecule has 2 heterocycles. The molecule has 86 valence electrons. The summed E-state index contributed by atoms with van der Waals surface area (Å²) in [4.78, 5) is 6.30. The van der Waals surface area contributed by atoms with Crippen LogP contribution < -0.4 is 0 Å². The Labute approximate surface area is 94.1 Å². The Balaban J connectivity index is 2.02. The van der Waals surface area contributed by atoms with Gasteiger partial charge in [-0.25, -0.2) is 0 Å². The molecule has 0 radical (unpaired) electrons. The van der Waals surface area contributed by atoms with Crippen molar-refractivity contribution in [2.45, 2.75) is 26.4 Å². The van der Waals surface area contributed by atoms with Gasteiger partial charge in [-0.15, -0.1) is 0 Å². The van der Waals surface area contributed by atoms with Crippen LogP contribution in [0.3, 0.4) is 0 Å². The van der Waals surface area contributed by atoms with E-state index in [0.29, 0.717) is 11.7 Å². The smallest absolute Gasteiger partial charge is 0.243 e. The van der Waals surface area contributed by atoms with E-state index < -0.39 is 0 Å². The number of hydrogen-bond acceptors (Lipinski definition) is 5. The van der Waals surface area contributed by atoms with E-state index in [9.17, 15) is 0 Å². The van der Waals surface area contributed by atoms with Gasteiger partial charge in [0.25, 0.3) is 0 Å². The fourth-order valence-corrected chi connectivity index (χ4v) is 1.46. The topological polar surface area (TPSA) is 55.3 Å². The molecule has 0 aromatic carbocycles. The quantitative estimate of drug-likeness (QED) is 0.791. The van der Waals surface area contributed by atoms with Gasteiger partial charge in [-0.05, 0) is 33.0 Å². The van der Waals surface area contributed by atoms with E-state index in [-0.39, 0.29) is 6.04 Å². The number of aryl methyl sites for hydroxylation is 1. The van der Waals surface area contributed by atoms with Crippen molar-refractivity contribution in [3.63, 3.8) is 0 Å². The molecule has 0 N–H and O–H groups in total. The molecule has 0 aliphatic heterocycles. The maximum absolute atomic E-state index is 5.29. The normalized spacial score (nSPS) is 13.2. The van der Waals surface area contributed by atoms with Crippen LogP contribution in [0.5, 0.6) is 0 Å². The molecule has 0 aliphatic rings. The number of furan rings is 1. The highest BCUT2D eigenvalue weighted by Gasteiger charge is 2.18. The second-order valence-electron chi connectivity index (χ2n) is 3.85. The van der Waals surface area contributed by atoms with E-state index >= 15 is 0 Å². The van der Waals surface area contributed by atoms with Crippen LogP contribution in [0.4, 0.5) is 0 Å². The van der Waals surface area contributed by atoms with Gasteiger partial charge in [-0.2, -0.15) is 4.98 Å². The molecule has 0 fully saturated rings. The molecule has 2 aromatic rings. The van der Waals surface area contributed by atoms with Crippen molar-refractivity contribution in [2.24, 2.45) is 0 Å². The molecular formula is C11H15N3O2. The zero-order valence-corrected chi connectivity index (χ0v) is 9.67. The summed E-state index contributed by atoms with van der Waals surface area (Å²) in [7, 11) is 1.99. The zero-order valence-electron chi connectivity index (χ0n) is 9.67. The van der Waals surface area contributed by atoms with E-state index in [1.807, 2.05) is 33.0 Å². The number of hydrogen-bond donors (Lipinski definition) is 0. The highest BCUT2D eigenvalue weighted by Crippen LogP contribution is 2.18. The molecule has 0 aliphatic carbocycles. The summed E-state index contributed by atoms with van der Waals surface area (Å²) in [6, 6.07) is 3.90. The highest BCUT2D eigenvalue weighted by molar-refractivity contribution is 4.99. The summed E-state index contributed by atoms with van der Waals surface area (Å²) in [6.07, 6.45) is 1.67. The fourth-order valence-electron chi connectivity index (χ4n) is 1.46. The molecule has 0 amide bonds. The first-order valence-corrected chi connectivity index (χ1v) is 5.19. The first kappa shape index (κ1) is 10.9. The van der Waals surface area contributed by atoms with E-state index in [1.54, 1.807) is 6.26 Å². The largest absolute Gasteiger partial charge is 0.468 e. The predicted molar refractivity (Wildman–Crippen MR) is 57.6 cm³/mol. The van der Waals surface area contributed by atoms with Crippen molar-refractivity contribution in [3.05, 3.63) is 35.9 Å². The third-order valence-corrected chi connectivity index (χ3v) is 2.55. The van der Waals surface area contributed by atoms with E-state index in [1.165, 1.54) is 0 Å². The maximum Gasteiger partial charge on any atom is 0.243 e. The minimum absolute atomic E-state index is 0.0753. The van der Waals surface area contributed by atoms with Gasteiger partial charge in [-0.3, -0.25) is 4.90 Å². The van der Waals surface area contributed by atoms with Crippen LogP contribution in [0.2, 0.25) is 0 Å². The van der Waals surface area contributed by atoms with Gasteiger partial charge in [0.1, 0.15) is 5.76 Å². The molecule has 0 saturated carbocycles. The average Bonchev–Trinajstić information content (AvgIpc) is 2.88. The standard InChI is InChI=1S/C11H15N3O2/c1-8(11-12-9(2)13-16-11)14(3)7-10-5-4-6-15-10/h4-6,8H,7H2,1-3H3. The third-order valence-electron chi connectivity index (χ3n) is 2.55. The molecule has 5 nitrogen and oxygen atoms in total. The average molecular weight is 221 g/mol. The van der Waals surface area contributed by atoms with Crippen molar-refractivity contribution in [1.29, 1.82) is 0 Å². The molecule has 16 heavy (non-hydrogen) atoms. The maximum atomic E-state index is 5.29. The van der Waals surface area contributed by atoms with Crippen LogP contribution in [0.15, 0.2) is 27.3 Å². The summed E-state index contributed by atoms with van der Waals surface area (Å²) in [6.45, 7) is 4.55. The highest BCUT2D eigenvalue weighted by atomic mass is 16.5. The van der Waals surface area contributed by atoms with Gasteiger partial charge in [0.2, 0.25) is 5.89 Å². The molecule has 5 heteroatoms. The van der Waals surface area contributed by atoms with Gasteiger partial charge < -0.3 is 8.94 Å². The molecule has 0 spiro atoms. The Bertz CT molecular complexity index is 436. The lowest BCUT2D eigenvalue weighted by Gasteiger charge is -2.19. The van der Waals surface area contributed by atoms with Crippen molar-refractivity contribution >= 4 is 0 Å². The summed E-state index contributed by atoms with van der Waals surface area (Å²) in [5.41, 5.74) is 0. The van der Waals surface area contributed by atoms with Gasteiger partial charge in [-0.1, -0.05) is 5.16 Å². The van der Waals surface area contributed by atoms with E-state index in [0.717, 1.165) is 12.3 Å². The summed E-state index contributed by atoms with van der Waals surface area (Å²) >= 11 is 0. The Morgan fingerprint density at radius 1 is 1.50 bits per heavy atom. The van der Waals surface area contributed by atoms with Crippen molar-refractivity contribution in [1.82, 2.24) is 15.0 Å². The minimum Gasteiger partial charge on any atom is -0.468 e. The lowest BCUT2D eigenvalue weighted by atomic mass is 10.3. The van der Waals surface area contributed by atoms with Crippen LogP contribution in [0.25, 0.3) is 0 Å². The van der Waals surface area contributed by atoms with Gasteiger partial charge >= 0.3 is 0 Å². The van der Waals surface area contributed by atoms with Crippen molar-refractivity contribution in [3.8, 4) is 0 Å². The molecular weight excluding hydrogens is 206 g/mol. The first-order chi connectivity index (χ1) is 7.66.